The molecule has 2 aliphatic heterocycles. The van der Waals surface area contributed by atoms with Gasteiger partial charge in [0.15, 0.2) is 0 Å². The maximum atomic E-state index is 13.4. The van der Waals surface area contributed by atoms with E-state index in [0.29, 0.717) is 17.6 Å². The van der Waals surface area contributed by atoms with Crippen LogP contribution in [-0.4, -0.2) is 57.6 Å². The number of carbonyl (C=O) groups is 2. The van der Waals surface area contributed by atoms with Crippen molar-refractivity contribution in [3.63, 3.8) is 0 Å². The molecular weight excluding hydrogens is 496 g/mol. The highest BCUT2D eigenvalue weighted by Gasteiger charge is 2.58. The lowest BCUT2D eigenvalue weighted by Gasteiger charge is -2.42. The van der Waals surface area contributed by atoms with Crippen LogP contribution in [0, 0.1) is 25.2 Å². The number of amidine groups is 1. The van der Waals surface area contributed by atoms with E-state index in [0.717, 1.165) is 83.3 Å². The molecule has 2 aliphatic carbocycles. The maximum Gasteiger partial charge on any atom is 0.256 e. The molecule has 2 amide bonds. The lowest BCUT2D eigenvalue weighted by atomic mass is 9.95. The molecule has 0 N–H and O–H groups in total. The zero-order valence-electron chi connectivity index (χ0n) is 22.1. The number of nitrogens with zero attached hydrogens (tertiary/aromatic N) is 4. The van der Waals surface area contributed by atoms with Gasteiger partial charge in [0.05, 0.1) is 5.52 Å². The van der Waals surface area contributed by atoms with Crippen molar-refractivity contribution in [1.82, 2.24) is 14.8 Å². The summed E-state index contributed by atoms with van der Waals surface area (Å²) in [5.74, 6) is 1.49. The van der Waals surface area contributed by atoms with Gasteiger partial charge >= 0.3 is 0 Å². The molecule has 0 bridgehead atoms. The fourth-order valence-electron chi connectivity index (χ4n) is 5.89. The number of hydrogen-bond acceptors (Lipinski definition) is 4. The second-order valence-electron chi connectivity index (χ2n) is 12.1. The monoisotopic (exact) mass is 526 g/mol. The standard InChI is InChI=1S/C31H31ClN4O2/c1-18-12-21(22-4-5-23-13-19(2)26(32)33-25(23)14-22)6-7-24(18)27-34-31(10-11-31)29(38)36(27)17-20-15-35(16-20)28(37)30(3)8-9-30/h4-7,12-14,20H,8-11,15-17H2,1-3H3. The van der Waals surface area contributed by atoms with Crippen LogP contribution in [0.15, 0.2) is 47.5 Å². The molecule has 3 heterocycles. The van der Waals surface area contributed by atoms with Crippen molar-refractivity contribution in [2.45, 2.75) is 52.0 Å². The van der Waals surface area contributed by atoms with Gasteiger partial charge in [0, 0.05) is 41.9 Å². The van der Waals surface area contributed by atoms with Crippen LogP contribution in [0.2, 0.25) is 5.15 Å². The van der Waals surface area contributed by atoms with Crippen molar-refractivity contribution in [3.8, 4) is 11.1 Å². The minimum absolute atomic E-state index is 0.127. The zero-order chi connectivity index (χ0) is 26.4. The van der Waals surface area contributed by atoms with Gasteiger partial charge in [-0.05, 0) is 73.9 Å². The first-order chi connectivity index (χ1) is 18.2. The van der Waals surface area contributed by atoms with E-state index in [1.54, 1.807) is 0 Å². The average molecular weight is 527 g/mol. The minimum atomic E-state index is -0.553. The highest BCUT2D eigenvalue weighted by atomic mass is 35.5. The fourth-order valence-corrected chi connectivity index (χ4v) is 6.04. The van der Waals surface area contributed by atoms with Gasteiger partial charge in [-0.3, -0.25) is 19.5 Å². The molecule has 1 aromatic heterocycles. The summed E-state index contributed by atoms with van der Waals surface area (Å²) in [5.41, 5.74) is 5.40. The third-order valence-corrected chi connectivity index (χ3v) is 9.27. The van der Waals surface area contributed by atoms with Crippen LogP contribution < -0.4 is 0 Å². The molecule has 4 aliphatic rings. The molecule has 7 rings (SSSR count). The van der Waals surface area contributed by atoms with Gasteiger partial charge < -0.3 is 4.90 Å². The van der Waals surface area contributed by atoms with E-state index in [-0.39, 0.29) is 17.2 Å². The number of benzene rings is 2. The molecule has 3 aromatic rings. The van der Waals surface area contributed by atoms with Crippen molar-refractivity contribution >= 4 is 40.2 Å². The Hall–Kier alpha value is -3.25. The van der Waals surface area contributed by atoms with Crippen LogP contribution in [0.1, 0.15) is 49.3 Å². The Bertz CT molecular complexity index is 1560. The molecule has 7 heteroatoms. The number of amides is 2. The minimum Gasteiger partial charge on any atom is -0.341 e. The lowest BCUT2D eigenvalue weighted by molar-refractivity contribution is -0.143. The Kier molecular flexibility index (Phi) is 5.10. The van der Waals surface area contributed by atoms with Crippen LogP contribution >= 0.6 is 11.6 Å². The van der Waals surface area contributed by atoms with Gasteiger partial charge in [0.1, 0.15) is 16.5 Å². The summed E-state index contributed by atoms with van der Waals surface area (Å²) in [7, 11) is 0. The average Bonchev–Trinajstić information content (AvgIpc) is 3.79. The number of fused-ring (bicyclic) bond motifs is 1. The first kappa shape index (κ1) is 23.8. The van der Waals surface area contributed by atoms with Crippen molar-refractivity contribution < 1.29 is 9.59 Å². The molecule has 38 heavy (non-hydrogen) atoms. The second-order valence-corrected chi connectivity index (χ2v) is 12.4. The maximum absolute atomic E-state index is 13.4. The summed E-state index contributed by atoms with van der Waals surface area (Å²) < 4.78 is 0. The van der Waals surface area contributed by atoms with E-state index in [1.165, 1.54) is 0 Å². The van der Waals surface area contributed by atoms with E-state index in [9.17, 15) is 9.59 Å². The van der Waals surface area contributed by atoms with Crippen molar-refractivity contribution in [1.29, 1.82) is 0 Å². The second kappa shape index (κ2) is 8.12. The summed E-state index contributed by atoms with van der Waals surface area (Å²) in [6.45, 7) is 8.20. The van der Waals surface area contributed by atoms with E-state index in [4.69, 9.17) is 16.6 Å². The van der Waals surface area contributed by atoms with Gasteiger partial charge in [-0.2, -0.15) is 0 Å². The number of aromatic nitrogens is 1. The van der Waals surface area contributed by atoms with Crippen molar-refractivity contribution in [2.75, 3.05) is 19.6 Å². The molecule has 3 fully saturated rings. The van der Waals surface area contributed by atoms with Gasteiger partial charge in [0.25, 0.3) is 5.91 Å². The molecule has 1 spiro atoms. The molecule has 0 atom stereocenters. The fraction of sp³-hybridized carbons (Fsp3) is 0.419. The number of hydrogen-bond donors (Lipinski definition) is 0. The van der Waals surface area contributed by atoms with Crippen molar-refractivity contribution in [2.24, 2.45) is 16.3 Å². The predicted molar refractivity (Wildman–Crippen MR) is 149 cm³/mol. The Labute approximate surface area is 227 Å². The largest absolute Gasteiger partial charge is 0.341 e. The lowest BCUT2D eigenvalue weighted by Crippen LogP contribution is -2.56. The van der Waals surface area contributed by atoms with Crippen LogP contribution in [0.3, 0.4) is 0 Å². The number of carbonyl (C=O) groups excluding carboxylic acids is 2. The van der Waals surface area contributed by atoms with Crippen LogP contribution in [-0.2, 0) is 9.59 Å². The molecule has 2 saturated carbocycles. The smallest absolute Gasteiger partial charge is 0.256 e. The van der Waals surface area contributed by atoms with Crippen LogP contribution in [0.4, 0.5) is 0 Å². The van der Waals surface area contributed by atoms with Crippen LogP contribution in [0.5, 0.6) is 0 Å². The molecule has 194 valence electrons. The first-order valence-electron chi connectivity index (χ1n) is 13.6. The number of rotatable bonds is 5. The van der Waals surface area contributed by atoms with Crippen LogP contribution in [0.25, 0.3) is 22.0 Å². The highest BCUT2D eigenvalue weighted by molar-refractivity contribution is 6.30. The number of aliphatic imine (C=N–C) groups is 1. The number of pyridine rings is 1. The highest BCUT2D eigenvalue weighted by Crippen LogP contribution is 2.48. The first-order valence-corrected chi connectivity index (χ1v) is 13.9. The topological polar surface area (TPSA) is 65.9 Å². The summed E-state index contributed by atoms with van der Waals surface area (Å²) in [6, 6.07) is 14.7. The summed E-state index contributed by atoms with van der Waals surface area (Å²) in [5, 5.41) is 1.59. The number of likely N-dealkylation sites (tertiary alicyclic amines) is 1. The number of halogens is 1. The van der Waals surface area contributed by atoms with E-state index in [2.05, 4.69) is 61.3 Å². The van der Waals surface area contributed by atoms with E-state index >= 15 is 0 Å². The quantitative estimate of drug-likeness (QED) is 0.409. The Morgan fingerprint density at radius 1 is 1.00 bits per heavy atom. The molecule has 0 radical (unpaired) electrons. The predicted octanol–water partition coefficient (Wildman–Crippen LogP) is 5.55. The van der Waals surface area contributed by atoms with Crippen molar-refractivity contribution in [3.05, 3.63) is 64.3 Å². The summed E-state index contributed by atoms with van der Waals surface area (Å²) in [6.07, 6.45) is 3.64. The summed E-state index contributed by atoms with van der Waals surface area (Å²) in [4.78, 5) is 39.5. The number of aryl methyl sites for hydroxylation is 2. The molecule has 6 nitrogen and oxygen atoms in total. The van der Waals surface area contributed by atoms with Gasteiger partial charge in [-0.15, -0.1) is 0 Å². The van der Waals surface area contributed by atoms with E-state index in [1.807, 2.05) is 16.7 Å². The normalized spacial score (nSPS) is 21.2. The third-order valence-electron chi connectivity index (χ3n) is 8.89. The van der Waals surface area contributed by atoms with E-state index < -0.39 is 5.54 Å². The third kappa shape index (κ3) is 3.76. The molecule has 2 aromatic carbocycles. The van der Waals surface area contributed by atoms with Gasteiger partial charge in [0.2, 0.25) is 5.91 Å². The van der Waals surface area contributed by atoms with Gasteiger partial charge in [-0.25, -0.2) is 4.98 Å². The molecular formula is C31H31ClN4O2. The Balaban J connectivity index is 1.14. The molecule has 1 saturated heterocycles. The summed E-state index contributed by atoms with van der Waals surface area (Å²) >= 11 is 6.28. The zero-order valence-corrected chi connectivity index (χ0v) is 22.8. The van der Waals surface area contributed by atoms with Gasteiger partial charge in [-0.1, -0.05) is 48.9 Å². The molecule has 0 unspecified atom stereocenters. The Morgan fingerprint density at radius 3 is 2.39 bits per heavy atom. The Morgan fingerprint density at radius 2 is 1.71 bits per heavy atom. The SMILES string of the molecule is Cc1cc(-c2ccc3cc(C)c(Cl)nc3c2)ccc1C1=NC2(CC2)C(=O)N1CC1CN(C(=O)C2(C)CC2)C1.